The third-order valence-corrected chi connectivity index (χ3v) is 5.35. The van der Waals surface area contributed by atoms with E-state index >= 15 is 0 Å². The first kappa shape index (κ1) is 17.0. The van der Waals surface area contributed by atoms with Gasteiger partial charge in [-0.25, -0.2) is 14.5 Å². The van der Waals surface area contributed by atoms with Crippen molar-refractivity contribution in [1.82, 2.24) is 29.0 Å². The van der Waals surface area contributed by atoms with E-state index in [9.17, 15) is 4.79 Å². The molecule has 0 aromatic carbocycles. The van der Waals surface area contributed by atoms with Crippen molar-refractivity contribution in [1.29, 1.82) is 0 Å². The minimum Gasteiger partial charge on any atom is -0.334 e. The van der Waals surface area contributed by atoms with Crippen molar-refractivity contribution in [2.24, 2.45) is 7.05 Å². The van der Waals surface area contributed by atoms with E-state index in [4.69, 9.17) is 4.98 Å². The second-order valence-corrected chi connectivity index (χ2v) is 8.27. The van der Waals surface area contributed by atoms with Crippen molar-refractivity contribution in [3.05, 3.63) is 51.1 Å². The molecule has 1 aliphatic rings. The molecule has 3 aromatic rings. The molecular formula is C19H26N6O. The fourth-order valence-electron chi connectivity index (χ4n) is 3.48. The first-order valence-corrected chi connectivity index (χ1v) is 9.07. The summed E-state index contributed by atoms with van der Waals surface area (Å²) in [7, 11) is 2.03. The second-order valence-electron chi connectivity index (χ2n) is 8.27. The Kier molecular flexibility index (Phi) is 3.80. The number of aryl methyl sites for hydroxylation is 1. The van der Waals surface area contributed by atoms with E-state index < -0.39 is 0 Å². The van der Waals surface area contributed by atoms with Gasteiger partial charge < -0.3 is 4.57 Å². The molecule has 138 valence electrons. The predicted molar refractivity (Wildman–Crippen MR) is 100 cm³/mol. The fraction of sp³-hybridized carbons (Fsp3) is 0.526. The van der Waals surface area contributed by atoms with E-state index in [2.05, 4.69) is 40.3 Å². The lowest BCUT2D eigenvalue weighted by Gasteiger charge is -2.27. The Labute approximate surface area is 152 Å². The standard InChI is InChI=1S/C19H26N6O/c1-12-20-9-13(23(12)5)10-24-7-6-15-14(11-24)18(26)25-17(21-15)8-16(22-25)19(2,3)4/h8-9,22H,6-7,10-11H2,1-5H3. The minimum absolute atomic E-state index is 0.0198. The molecule has 4 rings (SSSR count). The molecular weight excluding hydrogens is 328 g/mol. The van der Waals surface area contributed by atoms with Crippen LogP contribution in [-0.2, 0) is 32.0 Å². The van der Waals surface area contributed by atoms with Gasteiger partial charge in [0.15, 0.2) is 5.65 Å². The van der Waals surface area contributed by atoms with Gasteiger partial charge >= 0.3 is 0 Å². The molecule has 0 atom stereocenters. The minimum atomic E-state index is -0.0515. The van der Waals surface area contributed by atoms with Gasteiger partial charge in [-0.15, -0.1) is 0 Å². The maximum absolute atomic E-state index is 13.0. The van der Waals surface area contributed by atoms with Gasteiger partial charge in [-0.3, -0.25) is 14.8 Å². The van der Waals surface area contributed by atoms with Crippen LogP contribution in [0.15, 0.2) is 17.1 Å². The van der Waals surface area contributed by atoms with Gasteiger partial charge in [-0.2, -0.15) is 0 Å². The summed E-state index contributed by atoms with van der Waals surface area (Å²) in [6.45, 7) is 10.7. The molecule has 4 heterocycles. The first-order valence-electron chi connectivity index (χ1n) is 9.07. The molecule has 7 heteroatoms. The number of hydrogen-bond acceptors (Lipinski definition) is 4. The summed E-state index contributed by atoms with van der Waals surface area (Å²) >= 11 is 0. The average Bonchev–Trinajstić information content (AvgIpc) is 3.14. The van der Waals surface area contributed by atoms with Crippen molar-refractivity contribution in [2.75, 3.05) is 6.54 Å². The van der Waals surface area contributed by atoms with Crippen molar-refractivity contribution >= 4 is 5.65 Å². The molecule has 0 bridgehead atoms. The molecule has 0 saturated heterocycles. The van der Waals surface area contributed by atoms with Gasteiger partial charge in [0, 0.05) is 56.5 Å². The van der Waals surface area contributed by atoms with Crippen LogP contribution >= 0.6 is 0 Å². The molecule has 1 N–H and O–H groups in total. The number of aromatic amines is 1. The lowest BCUT2D eigenvalue weighted by molar-refractivity contribution is 0.236. The number of fused-ring (bicyclic) bond motifs is 2. The Balaban J connectivity index is 1.68. The van der Waals surface area contributed by atoms with Crippen molar-refractivity contribution in [3.63, 3.8) is 0 Å². The predicted octanol–water partition coefficient (Wildman–Crippen LogP) is 1.92. The highest BCUT2D eigenvalue weighted by atomic mass is 16.1. The normalized spacial score (nSPS) is 15.6. The first-order chi connectivity index (χ1) is 12.2. The lowest BCUT2D eigenvalue weighted by atomic mass is 9.93. The van der Waals surface area contributed by atoms with E-state index in [-0.39, 0.29) is 11.0 Å². The maximum Gasteiger partial charge on any atom is 0.277 e. The zero-order chi connectivity index (χ0) is 18.6. The number of nitrogens with zero attached hydrogens (tertiary/aromatic N) is 5. The Hall–Kier alpha value is -2.41. The SMILES string of the molecule is Cc1ncc(CN2CCc3nc4cc(C(C)(C)C)[nH]n4c(=O)c3C2)n1C. The summed E-state index contributed by atoms with van der Waals surface area (Å²) in [4.78, 5) is 24.4. The molecule has 0 aliphatic carbocycles. The molecule has 1 aliphatic heterocycles. The molecule has 0 spiro atoms. The van der Waals surface area contributed by atoms with E-state index in [1.165, 1.54) is 0 Å². The van der Waals surface area contributed by atoms with E-state index in [0.717, 1.165) is 53.6 Å². The van der Waals surface area contributed by atoms with Crippen molar-refractivity contribution in [3.8, 4) is 0 Å². The van der Waals surface area contributed by atoms with E-state index in [0.29, 0.717) is 6.54 Å². The zero-order valence-electron chi connectivity index (χ0n) is 16.1. The summed E-state index contributed by atoms with van der Waals surface area (Å²) < 4.78 is 3.70. The highest BCUT2D eigenvalue weighted by molar-refractivity contribution is 5.43. The van der Waals surface area contributed by atoms with Crippen LogP contribution in [0, 0.1) is 6.92 Å². The molecule has 3 aromatic heterocycles. The van der Waals surface area contributed by atoms with Crippen LogP contribution in [0.3, 0.4) is 0 Å². The summed E-state index contributed by atoms with van der Waals surface area (Å²) in [5, 5.41) is 3.24. The molecule has 0 fully saturated rings. The number of imidazole rings is 1. The van der Waals surface area contributed by atoms with Crippen molar-refractivity contribution < 1.29 is 0 Å². The summed E-state index contributed by atoms with van der Waals surface area (Å²) in [6, 6.07) is 1.99. The highest BCUT2D eigenvalue weighted by Crippen LogP contribution is 2.22. The number of H-pyrrole nitrogens is 1. The molecule has 0 amide bonds. The summed E-state index contributed by atoms with van der Waals surface area (Å²) in [5.74, 6) is 1.00. The number of rotatable bonds is 2. The van der Waals surface area contributed by atoms with Crippen LogP contribution in [0.25, 0.3) is 5.65 Å². The van der Waals surface area contributed by atoms with Gasteiger partial charge in [0.1, 0.15) is 5.82 Å². The van der Waals surface area contributed by atoms with Gasteiger partial charge in [-0.05, 0) is 6.92 Å². The Morgan fingerprint density at radius 3 is 2.73 bits per heavy atom. The number of nitrogens with one attached hydrogen (secondary N) is 1. The van der Waals surface area contributed by atoms with Crippen LogP contribution in [0.4, 0.5) is 0 Å². The molecule has 0 radical (unpaired) electrons. The van der Waals surface area contributed by atoms with Gasteiger partial charge in [0.2, 0.25) is 0 Å². The maximum atomic E-state index is 13.0. The van der Waals surface area contributed by atoms with E-state index in [1.54, 1.807) is 4.52 Å². The van der Waals surface area contributed by atoms with Gasteiger partial charge in [0.25, 0.3) is 5.56 Å². The highest BCUT2D eigenvalue weighted by Gasteiger charge is 2.25. The largest absolute Gasteiger partial charge is 0.334 e. The van der Waals surface area contributed by atoms with Crippen LogP contribution < -0.4 is 5.56 Å². The fourth-order valence-corrected chi connectivity index (χ4v) is 3.48. The molecule has 0 unspecified atom stereocenters. The summed E-state index contributed by atoms with van der Waals surface area (Å²) in [5.41, 5.74) is 4.61. The Bertz CT molecular complexity index is 1030. The Morgan fingerprint density at radius 1 is 1.31 bits per heavy atom. The lowest BCUT2D eigenvalue weighted by Crippen LogP contribution is -2.36. The van der Waals surface area contributed by atoms with Crippen LogP contribution in [0.5, 0.6) is 0 Å². The third-order valence-electron chi connectivity index (χ3n) is 5.35. The quantitative estimate of drug-likeness (QED) is 0.763. The van der Waals surface area contributed by atoms with Gasteiger partial charge in [0.05, 0.1) is 17.0 Å². The monoisotopic (exact) mass is 354 g/mol. The zero-order valence-corrected chi connectivity index (χ0v) is 16.1. The van der Waals surface area contributed by atoms with Crippen LogP contribution in [-0.4, -0.2) is 35.6 Å². The topological polar surface area (TPSA) is 71.2 Å². The number of hydrogen-bond donors (Lipinski definition) is 1. The number of aromatic nitrogens is 5. The third kappa shape index (κ3) is 2.76. The smallest absolute Gasteiger partial charge is 0.277 e. The van der Waals surface area contributed by atoms with Crippen LogP contribution in [0.2, 0.25) is 0 Å². The average molecular weight is 354 g/mol. The van der Waals surface area contributed by atoms with E-state index in [1.807, 2.05) is 26.2 Å². The molecule has 26 heavy (non-hydrogen) atoms. The second kappa shape index (κ2) is 5.81. The molecule has 7 nitrogen and oxygen atoms in total. The van der Waals surface area contributed by atoms with Gasteiger partial charge in [-0.1, -0.05) is 20.8 Å². The summed E-state index contributed by atoms with van der Waals surface area (Å²) in [6.07, 6.45) is 2.72. The van der Waals surface area contributed by atoms with Crippen LogP contribution in [0.1, 0.15) is 49.2 Å². The van der Waals surface area contributed by atoms with Crippen molar-refractivity contribution in [2.45, 2.75) is 52.6 Å². The Morgan fingerprint density at radius 2 is 2.08 bits per heavy atom. The molecule has 0 saturated carbocycles.